The molecule has 5 nitrogen and oxygen atoms in total. The molecule has 0 heterocycles. The summed E-state index contributed by atoms with van der Waals surface area (Å²) < 4.78 is 6.95. The third-order valence-electron chi connectivity index (χ3n) is 2.32. The number of amides is 2. The highest BCUT2D eigenvalue weighted by atomic mass is 32.2. The van der Waals surface area contributed by atoms with Crippen LogP contribution in [0.2, 0.25) is 0 Å². The fourth-order valence-electron chi connectivity index (χ4n) is 1.19. The van der Waals surface area contributed by atoms with Gasteiger partial charge in [0.1, 0.15) is 0 Å². The van der Waals surface area contributed by atoms with E-state index in [1.165, 1.54) is 32.5 Å². The molecule has 0 spiro atoms. The number of urea groups is 1. The predicted molar refractivity (Wildman–Crippen MR) is 79.8 cm³/mol. The molecule has 0 aliphatic rings. The average Bonchev–Trinajstić information content (AvgIpc) is 2.29. The van der Waals surface area contributed by atoms with Gasteiger partial charge in [0.2, 0.25) is 0 Å². The van der Waals surface area contributed by atoms with Crippen molar-refractivity contribution in [1.82, 2.24) is 8.61 Å². The van der Waals surface area contributed by atoms with Crippen LogP contribution in [-0.2, 0) is 4.74 Å². The van der Waals surface area contributed by atoms with Crippen molar-refractivity contribution in [2.75, 3.05) is 12.5 Å². The number of ether oxygens (including phenoxy) is 1. The van der Waals surface area contributed by atoms with Crippen LogP contribution in [-0.4, -0.2) is 45.3 Å². The fourth-order valence-corrected chi connectivity index (χ4v) is 2.28. The van der Waals surface area contributed by atoms with E-state index in [4.69, 9.17) is 10.1 Å². The van der Waals surface area contributed by atoms with E-state index in [1.807, 2.05) is 40.2 Å². The minimum Gasteiger partial charge on any atom is -0.462 e. The van der Waals surface area contributed by atoms with E-state index in [0.29, 0.717) is 0 Å². The van der Waals surface area contributed by atoms with Gasteiger partial charge in [0.25, 0.3) is 6.02 Å². The van der Waals surface area contributed by atoms with Gasteiger partial charge in [-0.15, -0.1) is 0 Å². The maximum Gasteiger partial charge on any atom is 0.348 e. The summed E-state index contributed by atoms with van der Waals surface area (Å²) in [7, 11) is 0. The van der Waals surface area contributed by atoms with Crippen molar-refractivity contribution in [2.45, 2.75) is 46.3 Å². The van der Waals surface area contributed by atoms with Crippen LogP contribution < -0.4 is 0 Å². The van der Waals surface area contributed by atoms with E-state index in [0.717, 1.165) is 6.42 Å². The monoisotopic (exact) mass is 293 g/mol. The molecule has 106 valence electrons. The lowest BCUT2D eigenvalue weighted by molar-refractivity contribution is 0.146. The Labute approximate surface area is 118 Å². The molecule has 18 heavy (non-hydrogen) atoms. The largest absolute Gasteiger partial charge is 0.462 e. The van der Waals surface area contributed by atoms with Crippen molar-refractivity contribution in [3.63, 3.8) is 0 Å². The first-order valence-electron chi connectivity index (χ1n) is 5.85. The van der Waals surface area contributed by atoms with Crippen LogP contribution in [0.25, 0.3) is 0 Å². The summed E-state index contributed by atoms with van der Waals surface area (Å²) in [5.41, 5.74) is 0. The van der Waals surface area contributed by atoms with Crippen LogP contribution in [0.3, 0.4) is 0 Å². The summed E-state index contributed by atoms with van der Waals surface area (Å²) in [5.74, 6) is 0. The van der Waals surface area contributed by atoms with Gasteiger partial charge < -0.3 is 4.74 Å². The number of hydrogen-bond donors (Lipinski definition) is 1. The fraction of sp³-hybridized carbons (Fsp3) is 0.818. The summed E-state index contributed by atoms with van der Waals surface area (Å²) in [5, 5.41) is 7.92. The molecule has 0 bridgehead atoms. The second kappa shape index (κ2) is 8.53. The zero-order chi connectivity index (χ0) is 14.3. The van der Waals surface area contributed by atoms with Crippen molar-refractivity contribution in [2.24, 2.45) is 0 Å². The van der Waals surface area contributed by atoms with Crippen molar-refractivity contribution >= 4 is 35.9 Å². The maximum atomic E-state index is 12.2. The van der Waals surface area contributed by atoms with E-state index < -0.39 is 0 Å². The molecule has 1 atom stereocenters. The van der Waals surface area contributed by atoms with Gasteiger partial charge >= 0.3 is 6.03 Å². The number of carbonyl (C=O) groups is 1. The lowest BCUT2D eigenvalue weighted by Gasteiger charge is -2.31. The minimum absolute atomic E-state index is 0.0661. The van der Waals surface area contributed by atoms with Gasteiger partial charge in [-0.25, -0.2) is 13.4 Å². The van der Waals surface area contributed by atoms with Crippen LogP contribution in [0.5, 0.6) is 0 Å². The Morgan fingerprint density at radius 2 is 1.78 bits per heavy atom. The first-order chi connectivity index (χ1) is 8.38. The summed E-state index contributed by atoms with van der Waals surface area (Å²) in [4.78, 5) is 13.6. The molecule has 2 amide bonds. The molecule has 0 aromatic heterocycles. The molecule has 0 radical (unpaired) electrons. The Bertz CT molecular complexity index is 283. The first-order valence-corrected chi connectivity index (χ1v) is 8.22. The van der Waals surface area contributed by atoms with Gasteiger partial charge in [0, 0.05) is 18.6 Å². The molecule has 0 aliphatic carbocycles. The van der Waals surface area contributed by atoms with Crippen molar-refractivity contribution in [3.8, 4) is 0 Å². The van der Waals surface area contributed by atoms with Crippen LogP contribution in [0, 0.1) is 5.41 Å². The highest BCUT2D eigenvalue weighted by Crippen LogP contribution is 2.21. The highest BCUT2D eigenvalue weighted by Gasteiger charge is 2.28. The second-order valence-corrected chi connectivity index (χ2v) is 5.70. The van der Waals surface area contributed by atoms with E-state index in [1.54, 1.807) is 0 Å². The molecule has 0 aliphatic heterocycles. The maximum absolute atomic E-state index is 12.2. The highest BCUT2D eigenvalue weighted by molar-refractivity contribution is 8.12. The summed E-state index contributed by atoms with van der Waals surface area (Å²) in [6.45, 7) is 7.60. The number of amidine groups is 1. The van der Waals surface area contributed by atoms with E-state index in [-0.39, 0.29) is 24.2 Å². The summed E-state index contributed by atoms with van der Waals surface area (Å²) >= 11 is 2.64. The molecule has 0 aromatic rings. The SMILES string of the molecule is CCC(C)OC(=N)N(C(=O)N(SC)SC)C(C)C. The quantitative estimate of drug-likeness (QED) is 0.479. The number of carbonyl (C=O) groups excluding carboxylic acids is 1. The molecule has 0 rings (SSSR count). The molecule has 1 N–H and O–H groups in total. The Kier molecular flexibility index (Phi) is 8.26. The zero-order valence-electron chi connectivity index (χ0n) is 11.9. The molecule has 0 saturated heterocycles. The number of hydrogen-bond acceptors (Lipinski definition) is 5. The standard InChI is InChI=1S/C11H23N3O2S2/c1-7-9(4)16-10(12)13(8(2)3)11(15)14(17-5)18-6/h8-9,12H,7H2,1-6H3. The first kappa shape index (κ1) is 17.4. The van der Waals surface area contributed by atoms with Crippen LogP contribution >= 0.6 is 23.9 Å². The average molecular weight is 293 g/mol. The number of rotatable bonds is 5. The molecule has 0 fully saturated rings. The van der Waals surface area contributed by atoms with E-state index in [9.17, 15) is 4.79 Å². The molecular weight excluding hydrogens is 270 g/mol. The third kappa shape index (κ3) is 4.97. The molecular formula is C11H23N3O2S2. The van der Waals surface area contributed by atoms with Gasteiger partial charge in [0.15, 0.2) is 0 Å². The Morgan fingerprint density at radius 3 is 2.11 bits per heavy atom. The zero-order valence-corrected chi connectivity index (χ0v) is 13.5. The molecule has 0 aromatic carbocycles. The summed E-state index contributed by atoms with van der Waals surface area (Å²) in [6, 6.07) is -0.438. The van der Waals surface area contributed by atoms with Gasteiger partial charge in [0.05, 0.1) is 6.10 Å². The second-order valence-electron chi connectivity index (χ2n) is 4.01. The topological polar surface area (TPSA) is 56.6 Å². The Hall–Kier alpha value is -0.560. The predicted octanol–water partition coefficient (Wildman–Crippen LogP) is 3.42. The lowest BCUT2D eigenvalue weighted by atomic mass is 10.3. The minimum atomic E-state index is -0.238. The normalized spacial score (nSPS) is 12.2. The van der Waals surface area contributed by atoms with Crippen LogP contribution in [0.4, 0.5) is 4.79 Å². The van der Waals surface area contributed by atoms with Crippen molar-refractivity contribution in [3.05, 3.63) is 0 Å². The van der Waals surface area contributed by atoms with Gasteiger partial charge in [-0.1, -0.05) is 6.92 Å². The van der Waals surface area contributed by atoms with Gasteiger partial charge in [-0.05, 0) is 51.1 Å². The van der Waals surface area contributed by atoms with Gasteiger partial charge in [-0.3, -0.25) is 5.41 Å². The molecule has 0 saturated carbocycles. The summed E-state index contributed by atoms with van der Waals surface area (Å²) in [6.07, 6.45) is 4.39. The molecule has 1 unspecified atom stereocenters. The third-order valence-corrected chi connectivity index (χ3v) is 4.19. The van der Waals surface area contributed by atoms with E-state index in [2.05, 4.69) is 0 Å². The van der Waals surface area contributed by atoms with Crippen molar-refractivity contribution in [1.29, 1.82) is 5.41 Å². The Morgan fingerprint density at radius 1 is 1.28 bits per heavy atom. The number of nitrogens with zero attached hydrogens (tertiary/aromatic N) is 2. The lowest BCUT2D eigenvalue weighted by Crippen LogP contribution is -2.47. The van der Waals surface area contributed by atoms with E-state index >= 15 is 0 Å². The Balaban J connectivity index is 4.85. The van der Waals surface area contributed by atoms with Crippen LogP contribution in [0.15, 0.2) is 0 Å². The van der Waals surface area contributed by atoms with Gasteiger partial charge in [-0.2, -0.15) is 0 Å². The smallest absolute Gasteiger partial charge is 0.348 e. The van der Waals surface area contributed by atoms with Crippen molar-refractivity contribution < 1.29 is 9.53 Å². The number of nitrogens with one attached hydrogen (secondary N) is 1. The van der Waals surface area contributed by atoms with Crippen LogP contribution in [0.1, 0.15) is 34.1 Å². The molecule has 7 heteroatoms.